The molecule has 68 valence electrons. The highest BCUT2D eigenvalue weighted by Crippen LogP contribution is 2.25. The molecule has 0 aromatic carbocycles. The van der Waals surface area contributed by atoms with E-state index in [-0.39, 0.29) is 0 Å². The van der Waals surface area contributed by atoms with Crippen LogP contribution in [-0.4, -0.2) is 35.0 Å². The molecular weight excluding hydrogens is 168 g/mol. The van der Waals surface area contributed by atoms with Gasteiger partial charge in [-0.05, 0) is 6.42 Å². The Balaban J connectivity index is 2.52. The summed E-state index contributed by atoms with van der Waals surface area (Å²) in [6, 6.07) is 2.85. The van der Waals surface area contributed by atoms with Gasteiger partial charge in [-0.1, -0.05) is 13.8 Å². The van der Waals surface area contributed by atoms with Gasteiger partial charge >= 0.3 is 0 Å². The van der Waals surface area contributed by atoms with Crippen LogP contribution in [0.15, 0.2) is 0 Å². The van der Waals surface area contributed by atoms with Crippen molar-refractivity contribution in [2.24, 2.45) is 0 Å². The lowest BCUT2D eigenvalue weighted by atomic mass is 10.1. The number of nitrogens with zero attached hydrogens (tertiary/aromatic N) is 2. The zero-order valence-corrected chi connectivity index (χ0v) is 8.60. The molecule has 1 heterocycles. The maximum atomic E-state index is 8.62. The van der Waals surface area contributed by atoms with Crippen LogP contribution in [0.1, 0.15) is 20.3 Å². The van der Waals surface area contributed by atoms with Crippen LogP contribution in [0.3, 0.4) is 0 Å². The van der Waals surface area contributed by atoms with Crippen LogP contribution in [0, 0.1) is 11.3 Å². The Bertz CT molecular complexity index is 176. The van der Waals surface area contributed by atoms with Crippen LogP contribution >= 0.6 is 11.8 Å². The standard InChI is InChI=1S/C9H16N2S/c1-3-9-8(2)12-7-6-11(9)5-4-10/h8-9H,3,5-7H2,1-2H3. The summed E-state index contributed by atoms with van der Waals surface area (Å²) in [4.78, 5) is 2.31. The third-order valence-electron chi connectivity index (χ3n) is 2.46. The van der Waals surface area contributed by atoms with Crippen molar-refractivity contribution in [2.45, 2.75) is 31.6 Å². The molecule has 1 rings (SSSR count). The molecule has 0 aliphatic carbocycles. The van der Waals surface area contributed by atoms with E-state index in [9.17, 15) is 0 Å². The van der Waals surface area contributed by atoms with Crippen molar-refractivity contribution in [3.05, 3.63) is 0 Å². The van der Waals surface area contributed by atoms with E-state index in [1.807, 2.05) is 11.8 Å². The molecule has 1 fully saturated rings. The van der Waals surface area contributed by atoms with Crippen LogP contribution in [0.5, 0.6) is 0 Å². The first-order valence-corrected chi connectivity index (χ1v) is 5.57. The minimum absolute atomic E-state index is 0.601. The van der Waals surface area contributed by atoms with Gasteiger partial charge in [0, 0.05) is 23.6 Å². The van der Waals surface area contributed by atoms with Crippen molar-refractivity contribution < 1.29 is 0 Å². The van der Waals surface area contributed by atoms with Gasteiger partial charge in [0.15, 0.2) is 0 Å². The molecule has 0 bridgehead atoms. The summed E-state index contributed by atoms with van der Waals surface area (Å²) in [5.41, 5.74) is 0. The predicted octanol–water partition coefficient (Wildman–Crippen LogP) is 1.73. The second-order valence-electron chi connectivity index (χ2n) is 3.18. The second-order valence-corrected chi connectivity index (χ2v) is 4.67. The van der Waals surface area contributed by atoms with Gasteiger partial charge in [0.1, 0.15) is 0 Å². The average molecular weight is 184 g/mol. The van der Waals surface area contributed by atoms with Crippen molar-refractivity contribution in [1.29, 1.82) is 5.26 Å². The van der Waals surface area contributed by atoms with E-state index in [1.54, 1.807) is 0 Å². The molecule has 2 atom stereocenters. The Morgan fingerprint density at radius 2 is 2.42 bits per heavy atom. The van der Waals surface area contributed by atoms with Crippen LogP contribution in [0.4, 0.5) is 0 Å². The third kappa shape index (κ3) is 2.15. The molecule has 12 heavy (non-hydrogen) atoms. The molecule has 1 saturated heterocycles. The number of nitriles is 1. The van der Waals surface area contributed by atoms with E-state index in [1.165, 1.54) is 5.75 Å². The lowest BCUT2D eigenvalue weighted by molar-refractivity contribution is 0.217. The first-order chi connectivity index (χ1) is 5.79. The molecule has 2 nitrogen and oxygen atoms in total. The molecule has 0 spiro atoms. The van der Waals surface area contributed by atoms with E-state index in [4.69, 9.17) is 5.26 Å². The normalized spacial score (nSPS) is 31.4. The fraction of sp³-hybridized carbons (Fsp3) is 0.889. The van der Waals surface area contributed by atoms with Crippen LogP contribution < -0.4 is 0 Å². The summed E-state index contributed by atoms with van der Waals surface area (Å²) >= 11 is 2.03. The molecule has 0 amide bonds. The first-order valence-electron chi connectivity index (χ1n) is 4.52. The highest BCUT2D eigenvalue weighted by atomic mass is 32.2. The summed E-state index contributed by atoms with van der Waals surface area (Å²) in [6.07, 6.45) is 1.16. The van der Waals surface area contributed by atoms with E-state index in [0.717, 1.165) is 13.0 Å². The molecule has 1 aliphatic rings. The Labute approximate surface area is 78.9 Å². The molecule has 0 saturated carbocycles. The number of thioether (sulfide) groups is 1. The lowest BCUT2D eigenvalue weighted by Gasteiger charge is -2.37. The molecule has 0 radical (unpaired) electrons. The smallest absolute Gasteiger partial charge is 0.0869 e. The van der Waals surface area contributed by atoms with Crippen molar-refractivity contribution in [1.82, 2.24) is 4.90 Å². The van der Waals surface area contributed by atoms with Crippen molar-refractivity contribution in [3.63, 3.8) is 0 Å². The number of rotatable bonds is 2. The minimum Gasteiger partial charge on any atom is -0.286 e. The van der Waals surface area contributed by atoms with Crippen molar-refractivity contribution in [3.8, 4) is 6.07 Å². The second kappa shape index (κ2) is 4.74. The largest absolute Gasteiger partial charge is 0.286 e. The Kier molecular flexibility index (Phi) is 3.90. The van der Waals surface area contributed by atoms with Crippen LogP contribution in [0.2, 0.25) is 0 Å². The van der Waals surface area contributed by atoms with Gasteiger partial charge in [0.25, 0.3) is 0 Å². The topological polar surface area (TPSA) is 27.0 Å². The van der Waals surface area contributed by atoms with E-state index < -0.39 is 0 Å². The van der Waals surface area contributed by atoms with Gasteiger partial charge in [-0.15, -0.1) is 0 Å². The van der Waals surface area contributed by atoms with Crippen molar-refractivity contribution >= 4 is 11.8 Å². The Hall–Kier alpha value is -0.200. The zero-order valence-electron chi connectivity index (χ0n) is 7.79. The van der Waals surface area contributed by atoms with Crippen LogP contribution in [-0.2, 0) is 0 Å². The molecule has 0 aromatic heterocycles. The van der Waals surface area contributed by atoms with Gasteiger partial charge < -0.3 is 0 Å². The summed E-state index contributed by atoms with van der Waals surface area (Å²) in [5, 5.41) is 9.31. The Morgan fingerprint density at radius 3 is 3.00 bits per heavy atom. The Morgan fingerprint density at radius 1 is 1.67 bits per heavy atom. The SMILES string of the molecule is CCC1C(C)SCCN1CC#N. The van der Waals surface area contributed by atoms with E-state index in [2.05, 4.69) is 24.8 Å². The molecule has 0 aromatic rings. The molecule has 1 aliphatic heterocycles. The van der Waals surface area contributed by atoms with Gasteiger partial charge in [0.05, 0.1) is 12.6 Å². The minimum atomic E-state index is 0.601. The quantitative estimate of drug-likeness (QED) is 0.611. The monoisotopic (exact) mass is 184 g/mol. The van der Waals surface area contributed by atoms with Crippen molar-refractivity contribution in [2.75, 3.05) is 18.8 Å². The molecular formula is C9H16N2S. The molecule has 3 heteroatoms. The highest BCUT2D eigenvalue weighted by molar-refractivity contribution is 8.00. The summed E-state index contributed by atoms with van der Waals surface area (Å²) in [5.74, 6) is 1.18. The van der Waals surface area contributed by atoms with E-state index in [0.29, 0.717) is 17.8 Å². The van der Waals surface area contributed by atoms with Gasteiger partial charge in [-0.3, -0.25) is 4.90 Å². The van der Waals surface area contributed by atoms with E-state index >= 15 is 0 Å². The summed E-state index contributed by atoms with van der Waals surface area (Å²) < 4.78 is 0. The van der Waals surface area contributed by atoms with Gasteiger partial charge in [-0.25, -0.2) is 0 Å². The molecule has 0 N–H and O–H groups in total. The maximum absolute atomic E-state index is 8.62. The first kappa shape index (κ1) is 9.88. The maximum Gasteiger partial charge on any atom is 0.0869 e. The van der Waals surface area contributed by atoms with Crippen LogP contribution in [0.25, 0.3) is 0 Å². The number of hydrogen-bond donors (Lipinski definition) is 0. The third-order valence-corrected chi connectivity index (χ3v) is 3.72. The molecule has 2 unspecified atom stereocenters. The fourth-order valence-electron chi connectivity index (χ4n) is 1.81. The predicted molar refractivity (Wildman–Crippen MR) is 53.2 cm³/mol. The average Bonchev–Trinajstić information content (AvgIpc) is 2.05. The number of hydrogen-bond acceptors (Lipinski definition) is 3. The fourth-order valence-corrected chi connectivity index (χ4v) is 3.11. The summed E-state index contributed by atoms with van der Waals surface area (Å²) in [6.45, 7) is 6.16. The highest BCUT2D eigenvalue weighted by Gasteiger charge is 2.26. The van der Waals surface area contributed by atoms with Gasteiger partial charge in [-0.2, -0.15) is 17.0 Å². The lowest BCUT2D eigenvalue weighted by Crippen LogP contribution is -2.46. The summed E-state index contributed by atoms with van der Waals surface area (Å²) in [7, 11) is 0. The van der Waals surface area contributed by atoms with Gasteiger partial charge in [0.2, 0.25) is 0 Å². The zero-order chi connectivity index (χ0) is 8.97.